The Balaban J connectivity index is 1.53. The lowest BCUT2D eigenvalue weighted by atomic mass is 10.2. The molecule has 1 aromatic carbocycles. The van der Waals surface area contributed by atoms with E-state index in [-0.39, 0.29) is 46.4 Å². The van der Waals surface area contributed by atoms with E-state index in [2.05, 4.69) is 25.0 Å². The molecular formula is C22H15F3N6O5. The lowest BCUT2D eigenvalue weighted by molar-refractivity contribution is -0.141. The zero-order chi connectivity index (χ0) is 25.4. The van der Waals surface area contributed by atoms with E-state index in [1.807, 2.05) is 0 Å². The Kier molecular flexibility index (Phi) is 5.54. The van der Waals surface area contributed by atoms with Gasteiger partial charge in [-0.05, 0) is 12.1 Å². The minimum absolute atomic E-state index is 0.0305. The minimum atomic E-state index is -4.74. The van der Waals surface area contributed by atoms with Crippen LogP contribution in [0, 0.1) is 0 Å². The maximum atomic E-state index is 13.8. The summed E-state index contributed by atoms with van der Waals surface area (Å²) >= 11 is 0. The van der Waals surface area contributed by atoms with Crippen LogP contribution in [0.1, 0.15) is 21.7 Å². The number of methoxy groups -OCH3 is 1. The number of carbonyl (C=O) groups is 1. The third-order valence-corrected chi connectivity index (χ3v) is 5.11. The van der Waals surface area contributed by atoms with Crippen molar-refractivity contribution in [1.29, 1.82) is 0 Å². The molecule has 1 N–H and O–H groups in total. The summed E-state index contributed by atoms with van der Waals surface area (Å²) in [6.45, 7) is -0.0305. The number of hydrogen-bond donors (Lipinski definition) is 1. The minimum Gasteiger partial charge on any atom is -0.507 e. The van der Waals surface area contributed by atoms with Gasteiger partial charge in [0.15, 0.2) is 5.69 Å². The zero-order valence-electron chi connectivity index (χ0n) is 18.3. The van der Waals surface area contributed by atoms with Gasteiger partial charge < -0.3 is 19.1 Å². The van der Waals surface area contributed by atoms with Crippen molar-refractivity contribution in [3.05, 3.63) is 72.3 Å². The molecule has 0 aliphatic carbocycles. The number of ether oxygens (including phenoxy) is 2. The third-order valence-electron chi connectivity index (χ3n) is 5.11. The molecule has 0 aliphatic rings. The molecule has 0 amide bonds. The number of rotatable bonds is 6. The first-order valence-corrected chi connectivity index (χ1v) is 10.2. The lowest BCUT2D eigenvalue weighted by Crippen LogP contribution is -2.10. The Morgan fingerprint density at radius 1 is 1.22 bits per heavy atom. The van der Waals surface area contributed by atoms with Gasteiger partial charge in [0.05, 0.1) is 31.1 Å². The number of hydrogen-bond acceptors (Lipinski definition) is 9. The molecule has 0 atom stereocenters. The first-order chi connectivity index (χ1) is 17.2. The first-order valence-electron chi connectivity index (χ1n) is 10.2. The van der Waals surface area contributed by atoms with Crippen LogP contribution in [0.5, 0.6) is 17.4 Å². The Morgan fingerprint density at radius 3 is 2.75 bits per heavy atom. The molecule has 0 aliphatic heterocycles. The number of halogens is 3. The predicted octanol–water partition coefficient (Wildman–Crippen LogP) is 3.93. The van der Waals surface area contributed by atoms with Crippen LogP contribution in [-0.4, -0.2) is 47.5 Å². The maximum Gasteiger partial charge on any atom is 0.435 e. The van der Waals surface area contributed by atoms with Crippen molar-refractivity contribution in [2.45, 2.75) is 12.7 Å². The number of aromatic nitrogens is 6. The van der Waals surface area contributed by atoms with Gasteiger partial charge >= 0.3 is 12.1 Å². The number of phenolic OH excluding ortho intramolecular Hbond substituents is 1. The van der Waals surface area contributed by atoms with Gasteiger partial charge in [0, 0.05) is 30.7 Å². The number of phenols is 1. The standard InChI is InChI=1S/C22H15F3N6O5/c1-34-21(33)14-3-2-13(8-17(14)32)36-20-19-27-9-16(31(19)6-5-26-20)15-11-30(10-12-4-7-35-29-12)28-18(15)22(23,24)25/h2-9,11,32H,10H2,1H3. The second kappa shape index (κ2) is 8.72. The average molecular weight is 500 g/mol. The molecule has 0 spiro atoms. The Hall–Kier alpha value is -4.88. The van der Waals surface area contributed by atoms with Crippen molar-refractivity contribution in [3.8, 4) is 28.6 Å². The van der Waals surface area contributed by atoms with E-state index in [1.54, 1.807) is 0 Å². The summed E-state index contributed by atoms with van der Waals surface area (Å²) in [7, 11) is 1.18. The fourth-order valence-corrected chi connectivity index (χ4v) is 3.52. The smallest absolute Gasteiger partial charge is 0.435 e. The number of carbonyl (C=O) groups excluding carboxylic acids is 1. The summed E-state index contributed by atoms with van der Waals surface area (Å²) in [5.74, 6) is -1.05. The van der Waals surface area contributed by atoms with E-state index in [1.165, 1.54) is 66.8 Å². The SMILES string of the molecule is COC(=O)c1ccc(Oc2nccn3c(-c4cn(Cc5ccon5)nc4C(F)(F)F)cnc23)cc1O. The number of benzene rings is 1. The number of nitrogens with zero attached hydrogens (tertiary/aromatic N) is 6. The second-order valence-electron chi connectivity index (χ2n) is 7.42. The zero-order valence-corrected chi connectivity index (χ0v) is 18.3. The summed E-state index contributed by atoms with van der Waals surface area (Å²) in [5.41, 5.74) is -0.772. The lowest BCUT2D eigenvalue weighted by Gasteiger charge is -2.09. The van der Waals surface area contributed by atoms with Gasteiger partial charge in [-0.15, -0.1) is 0 Å². The molecule has 36 heavy (non-hydrogen) atoms. The molecule has 11 nitrogen and oxygen atoms in total. The van der Waals surface area contributed by atoms with Gasteiger partial charge in [-0.3, -0.25) is 9.08 Å². The summed E-state index contributed by atoms with van der Waals surface area (Å²) < 4.78 is 58.9. The molecule has 0 saturated heterocycles. The van der Waals surface area contributed by atoms with Gasteiger partial charge in [0.2, 0.25) is 5.65 Å². The highest BCUT2D eigenvalue weighted by Crippen LogP contribution is 2.37. The number of alkyl halides is 3. The van der Waals surface area contributed by atoms with Crippen molar-refractivity contribution >= 4 is 11.6 Å². The summed E-state index contributed by atoms with van der Waals surface area (Å²) in [6, 6.07) is 5.40. The highest BCUT2D eigenvalue weighted by molar-refractivity contribution is 5.92. The summed E-state index contributed by atoms with van der Waals surface area (Å²) in [4.78, 5) is 19.9. The van der Waals surface area contributed by atoms with Crippen LogP contribution in [0.3, 0.4) is 0 Å². The summed E-state index contributed by atoms with van der Waals surface area (Å²) in [6.07, 6.45) is 1.81. The van der Waals surface area contributed by atoms with Crippen molar-refractivity contribution in [2.75, 3.05) is 7.11 Å². The Labute approximate surface area is 199 Å². The van der Waals surface area contributed by atoms with Crippen LogP contribution < -0.4 is 4.74 Å². The fourth-order valence-electron chi connectivity index (χ4n) is 3.52. The third kappa shape index (κ3) is 4.19. The number of imidazole rings is 1. The quantitative estimate of drug-likeness (QED) is 0.345. The average Bonchev–Trinajstić information content (AvgIpc) is 3.58. The number of fused-ring (bicyclic) bond motifs is 1. The molecule has 5 aromatic rings. The number of esters is 1. The normalized spacial score (nSPS) is 11.7. The van der Waals surface area contributed by atoms with E-state index >= 15 is 0 Å². The van der Waals surface area contributed by atoms with Crippen LogP contribution in [-0.2, 0) is 17.5 Å². The monoisotopic (exact) mass is 500 g/mol. The summed E-state index contributed by atoms with van der Waals surface area (Å²) in [5, 5.41) is 17.5. The molecule has 0 fully saturated rings. The maximum absolute atomic E-state index is 13.8. The van der Waals surface area contributed by atoms with Crippen LogP contribution >= 0.6 is 0 Å². The fraction of sp³-hybridized carbons (Fsp3) is 0.136. The largest absolute Gasteiger partial charge is 0.507 e. The second-order valence-corrected chi connectivity index (χ2v) is 7.42. The highest BCUT2D eigenvalue weighted by atomic mass is 19.4. The van der Waals surface area contributed by atoms with Crippen molar-refractivity contribution in [3.63, 3.8) is 0 Å². The number of aromatic hydroxyl groups is 1. The van der Waals surface area contributed by atoms with Gasteiger partial charge in [0.25, 0.3) is 5.88 Å². The van der Waals surface area contributed by atoms with Gasteiger partial charge in [-0.1, -0.05) is 5.16 Å². The molecule has 184 valence electrons. The molecule has 0 radical (unpaired) electrons. The molecule has 0 bridgehead atoms. The molecule has 4 heterocycles. The topological polar surface area (TPSA) is 130 Å². The van der Waals surface area contributed by atoms with Crippen LogP contribution in [0.4, 0.5) is 13.2 Å². The van der Waals surface area contributed by atoms with Gasteiger partial charge in [-0.2, -0.15) is 18.3 Å². The molecule has 0 saturated carbocycles. The Bertz CT molecular complexity index is 1560. The van der Waals surface area contributed by atoms with Crippen LogP contribution in [0.25, 0.3) is 16.9 Å². The van der Waals surface area contributed by atoms with Crippen molar-refractivity contribution in [2.24, 2.45) is 0 Å². The molecule has 5 rings (SSSR count). The van der Waals surface area contributed by atoms with Crippen LogP contribution in [0.2, 0.25) is 0 Å². The van der Waals surface area contributed by atoms with E-state index in [0.717, 1.165) is 4.68 Å². The van der Waals surface area contributed by atoms with E-state index in [0.29, 0.717) is 5.69 Å². The molecular weight excluding hydrogens is 485 g/mol. The van der Waals surface area contributed by atoms with E-state index < -0.39 is 17.8 Å². The van der Waals surface area contributed by atoms with Crippen LogP contribution in [0.15, 0.2) is 59.8 Å². The first kappa shape index (κ1) is 22.9. The van der Waals surface area contributed by atoms with Crippen molar-refractivity contribution < 1.29 is 37.1 Å². The predicted molar refractivity (Wildman–Crippen MR) is 114 cm³/mol. The molecule has 4 aromatic heterocycles. The van der Waals surface area contributed by atoms with E-state index in [9.17, 15) is 23.1 Å². The van der Waals surface area contributed by atoms with Gasteiger partial charge in [-0.25, -0.2) is 14.8 Å². The highest BCUT2D eigenvalue weighted by Gasteiger charge is 2.38. The van der Waals surface area contributed by atoms with Crippen molar-refractivity contribution in [1.82, 2.24) is 29.3 Å². The molecule has 14 heteroatoms. The molecule has 0 unspecified atom stereocenters. The Morgan fingerprint density at radius 2 is 2.06 bits per heavy atom. The van der Waals surface area contributed by atoms with E-state index in [4.69, 9.17) is 9.26 Å². The van der Waals surface area contributed by atoms with Gasteiger partial charge in [0.1, 0.15) is 29.0 Å².